The maximum Gasteiger partial charge on any atom is 0.223 e. The van der Waals surface area contributed by atoms with Crippen LogP contribution in [0.25, 0.3) is 0 Å². The second-order valence-corrected chi connectivity index (χ2v) is 2.64. The van der Waals surface area contributed by atoms with Crippen molar-refractivity contribution in [3.8, 4) is 0 Å². The molecule has 58 valence electrons. The van der Waals surface area contributed by atoms with Crippen molar-refractivity contribution in [2.24, 2.45) is 5.92 Å². The highest BCUT2D eigenvalue weighted by Gasteiger charge is 2.28. The number of carbonyl (C=O) groups is 1. The Kier molecular flexibility index (Phi) is 2.68. The molecule has 0 aromatic rings. The van der Waals surface area contributed by atoms with E-state index >= 15 is 0 Å². The summed E-state index contributed by atoms with van der Waals surface area (Å²) in [5.41, 5.74) is 0. The van der Waals surface area contributed by atoms with Crippen LogP contribution in [0.3, 0.4) is 0 Å². The van der Waals surface area contributed by atoms with E-state index in [1.54, 1.807) is 0 Å². The van der Waals surface area contributed by atoms with E-state index in [0.717, 1.165) is 12.8 Å². The Morgan fingerprint density at radius 2 is 2.30 bits per heavy atom. The lowest BCUT2D eigenvalue weighted by atomic mass is 10.4. The fraction of sp³-hybridized carbons (Fsp3) is 0.857. The summed E-state index contributed by atoms with van der Waals surface area (Å²) in [5, 5.41) is 11.1. The highest BCUT2D eigenvalue weighted by Crippen LogP contribution is 2.28. The summed E-state index contributed by atoms with van der Waals surface area (Å²) >= 11 is 0. The number of nitrogens with one attached hydrogen (secondary N) is 1. The van der Waals surface area contributed by atoms with Gasteiger partial charge in [0.1, 0.15) is 0 Å². The predicted molar refractivity (Wildman–Crippen MR) is 37.4 cm³/mol. The topological polar surface area (TPSA) is 49.3 Å². The van der Waals surface area contributed by atoms with Crippen LogP contribution in [0.1, 0.15) is 19.3 Å². The van der Waals surface area contributed by atoms with Gasteiger partial charge in [0.25, 0.3) is 0 Å². The van der Waals surface area contributed by atoms with Crippen molar-refractivity contribution in [3.63, 3.8) is 0 Å². The number of carbonyl (C=O) groups excluding carboxylic acids is 1. The number of hydrogen-bond donors (Lipinski definition) is 2. The SMILES string of the molecule is O=C(NCCCO)C1CC1. The molecule has 2 N–H and O–H groups in total. The van der Waals surface area contributed by atoms with E-state index in [9.17, 15) is 4.79 Å². The molecule has 3 heteroatoms. The smallest absolute Gasteiger partial charge is 0.223 e. The van der Waals surface area contributed by atoms with E-state index in [1.165, 1.54) is 0 Å². The molecule has 0 aromatic heterocycles. The van der Waals surface area contributed by atoms with E-state index in [1.807, 2.05) is 0 Å². The molecule has 0 heterocycles. The van der Waals surface area contributed by atoms with E-state index in [4.69, 9.17) is 5.11 Å². The Bertz CT molecular complexity index is 121. The minimum absolute atomic E-state index is 0.158. The zero-order valence-electron chi connectivity index (χ0n) is 5.97. The zero-order chi connectivity index (χ0) is 7.40. The van der Waals surface area contributed by atoms with Gasteiger partial charge >= 0.3 is 0 Å². The van der Waals surface area contributed by atoms with E-state index in [-0.39, 0.29) is 12.5 Å². The number of aliphatic hydroxyl groups excluding tert-OH is 1. The van der Waals surface area contributed by atoms with Crippen LogP contribution >= 0.6 is 0 Å². The number of aliphatic hydroxyl groups is 1. The van der Waals surface area contributed by atoms with Crippen molar-refractivity contribution in [1.82, 2.24) is 5.32 Å². The molecule has 1 amide bonds. The molecule has 1 rings (SSSR count). The highest BCUT2D eigenvalue weighted by atomic mass is 16.3. The third-order valence-corrected chi connectivity index (χ3v) is 1.58. The van der Waals surface area contributed by atoms with Gasteiger partial charge in [0.2, 0.25) is 5.91 Å². The Morgan fingerprint density at radius 3 is 2.80 bits per heavy atom. The van der Waals surface area contributed by atoms with Crippen LogP contribution in [0.2, 0.25) is 0 Å². The maximum absolute atomic E-state index is 10.9. The summed E-state index contributed by atoms with van der Waals surface area (Å²) in [5.74, 6) is 0.451. The molecule has 1 aliphatic rings. The van der Waals surface area contributed by atoms with Crippen LogP contribution in [-0.2, 0) is 4.79 Å². The first-order valence-corrected chi connectivity index (χ1v) is 3.73. The van der Waals surface area contributed by atoms with E-state index in [2.05, 4.69) is 5.32 Å². The van der Waals surface area contributed by atoms with Gasteiger partial charge in [-0.15, -0.1) is 0 Å². The van der Waals surface area contributed by atoms with Crippen LogP contribution < -0.4 is 5.32 Å². The normalized spacial score (nSPS) is 16.9. The molecule has 0 radical (unpaired) electrons. The average molecular weight is 143 g/mol. The molecule has 1 aliphatic carbocycles. The second kappa shape index (κ2) is 3.56. The van der Waals surface area contributed by atoms with Gasteiger partial charge in [-0.25, -0.2) is 0 Å². The lowest BCUT2D eigenvalue weighted by molar-refractivity contribution is -0.122. The van der Waals surface area contributed by atoms with Crippen molar-refractivity contribution in [1.29, 1.82) is 0 Å². The minimum Gasteiger partial charge on any atom is -0.396 e. The quantitative estimate of drug-likeness (QED) is 0.540. The van der Waals surface area contributed by atoms with Crippen LogP contribution in [0.5, 0.6) is 0 Å². The van der Waals surface area contributed by atoms with Gasteiger partial charge in [-0.1, -0.05) is 0 Å². The summed E-state index contributed by atoms with van der Waals surface area (Å²) in [7, 11) is 0. The Balaban J connectivity index is 1.95. The van der Waals surface area contributed by atoms with Crippen molar-refractivity contribution >= 4 is 5.91 Å². The monoisotopic (exact) mass is 143 g/mol. The van der Waals surface area contributed by atoms with Crippen molar-refractivity contribution in [2.45, 2.75) is 19.3 Å². The molecule has 0 spiro atoms. The summed E-state index contributed by atoms with van der Waals surface area (Å²) in [6.45, 7) is 0.775. The first kappa shape index (κ1) is 7.54. The van der Waals surface area contributed by atoms with Gasteiger partial charge in [0, 0.05) is 19.1 Å². The van der Waals surface area contributed by atoms with Crippen molar-refractivity contribution in [2.75, 3.05) is 13.2 Å². The fourth-order valence-corrected chi connectivity index (χ4v) is 0.781. The molecule has 0 aliphatic heterocycles. The van der Waals surface area contributed by atoms with Crippen molar-refractivity contribution in [3.05, 3.63) is 0 Å². The zero-order valence-corrected chi connectivity index (χ0v) is 5.97. The van der Waals surface area contributed by atoms with Crippen LogP contribution in [0, 0.1) is 5.92 Å². The first-order valence-electron chi connectivity index (χ1n) is 3.73. The molecule has 0 aromatic carbocycles. The number of hydrogen-bond acceptors (Lipinski definition) is 2. The van der Waals surface area contributed by atoms with Crippen LogP contribution in [-0.4, -0.2) is 24.2 Å². The van der Waals surface area contributed by atoms with Gasteiger partial charge in [0.15, 0.2) is 0 Å². The summed E-state index contributed by atoms with van der Waals surface area (Å²) < 4.78 is 0. The predicted octanol–water partition coefficient (Wildman–Crippen LogP) is -0.105. The largest absolute Gasteiger partial charge is 0.396 e. The molecule has 10 heavy (non-hydrogen) atoms. The average Bonchev–Trinajstić information content (AvgIpc) is 2.69. The third-order valence-electron chi connectivity index (χ3n) is 1.58. The van der Waals surface area contributed by atoms with Gasteiger partial charge in [-0.3, -0.25) is 4.79 Å². The Labute approximate surface area is 60.4 Å². The Hall–Kier alpha value is -0.570. The first-order chi connectivity index (χ1) is 4.84. The molecular formula is C7H13NO2. The lowest BCUT2D eigenvalue weighted by Gasteiger charge is -2.00. The molecule has 0 saturated heterocycles. The maximum atomic E-state index is 10.9. The van der Waals surface area contributed by atoms with Crippen LogP contribution in [0.4, 0.5) is 0 Å². The lowest BCUT2D eigenvalue weighted by Crippen LogP contribution is -2.26. The molecule has 1 fully saturated rings. The summed E-state index contributed by atoms with van der Waals surface area (Å²) in [4.78, 5) is 10.9. The summed E-state index contributed by atoms with van der Waals surface area (Å²) in [6.07, 6.45) is 2.76. The molecule has 1 saturated carbocycles. The Morgan fingerprint density at radius 1 is 1.60 bits per heavy atom. The minimum atomic E-state index is 0.158. The summed E-state index contributed by atoms with van der Waals surface area (Å²) in [6, 6.07) is 0. The molecule has 0 bridgehead atoms. The van der Waals surface area contributed by atoms with Gasteiger partial charge in [0.05, 0.1) is 0 Å². The van der Waals surface area contributed by atoms with Gasteiger partial charge in [-0.2, -0.15) is 0 Å². The molecule has 0 atom stereocenters. The molecule has 3 nitrogen and oxygen atoms in total. The highest BCUT2D eigenvalue weighted by molar-refractivity contribution is 5.80. The van der Waals surface area contributed by atoms with E-state index in [0.29, 0.717) is 18.9 Å². The van der Waals surface area contributed by atoms with Gasteiger partial charge < -0.3 is 10.4 Å². The fourth-order valence-electron chi connectivity index (χ4n) is 0.781. The van der Waals surface area contributed by atoms with Gasteiger partial charge in [-0.05, 0) is 19.3 Å². The second-order valence-electron chi connectivity index (χ2n) is 2.64. The van der Waals surface area contributed by atoms with Crippen LogP contribution in [0.15, 0.2) is 0 Å². The van der Waals surface area contributed by atoms with E-state index < -0.39 is 0 Å². The number of amides is 1. The molecular weight excluding hydrogens is 130 g/mol. The standard InChI is InChI=1S/C7H13NO2/c9-5-1-4-8-7(10)6-2-3-6/h6,9H,1-5H2,(H,8,10). The molecule has 0 unspecified atom stereocenters. The third kappa shape index (κ3) is 2.35. The van der Waals surface area contributed by atoms with Crippen molar-refractivity contribution < 1.29 is 9.90 Å². The number of rotatable bonds is 4.